The van der Waals surface area contributed by atoms with Gasteiger partial charge >= 0.3 is 0 Å². The number of ether oxygens (including phenoxy) is 1. The Morgan fingerprint density at radius 3 is 2.63 bits per heavy atom. The number of carbonyl (C=O) groups excluding carboxylic acids is 1. The maximum absolute atomic E-state index is 12.4. The van der Waals surface area contributed by atoms with E-state index in [2.05, 4.69) is 22.4 Å². The molecule has 3 aromatic rings. The monoisotopic (exact) mass is 424 g/mol. The third-order valence-electron chi connectivity index (χ3n) is 4.85. The van der Waals surface area contributed by atoms with Crippen LogP contribution in [0.15, 0.2) is 47.6 Å². The van der Waals surface area contributed by atoms with Crippen LogP contribution in [0.1, 0.15) is 42.5 Å². The van der Waals surface area contributed by atoms with E-state index in [1.54, 1.807) is 0 Å². The van der Waals surface area contributed by atoms with Crippen molar-refractivity contribution in [3.8, 4) is 5.75 Å². The number of anilines is 1. The first-order valence-electron chi connectivity index (χ1n) is 10.0. The molecule has 1 aromatic heterocycles. The van der Waals surface area contributed by atoms with Gasteiger partial charge in [0.25, 0.3) is 0 Å². The second-order valence-corrected chi connectivity index (χ2v) is 8.24. The highest BCUT2D eigenvalue weighted by Crippen LogP contribution is 2.25. The Hall–Kier alpha value is -2.80. The van der Waals surface area contributed by atoms with Crippen molar-refractivity contribution in [2.45, 2.75) is 52.4 Å². The third kappa shape index (κ3) is 5.42. The van der Waals surface area contributed by atoms with Crippen LogP contribution in [0.4, 0.5) is 5.69 Å². The van der Waals surface area contributed by atoms with Gasteiger partial charge in [0.2, 0.25) is 5.91 Å². The highest BCUT2D eigenvalue weighted by Gasteiger charge is 2.19. The molecule has 0 saturated carbocycles. The lowest BCUT2D eigenvalue weighted by molar-refractivity contribution is -0.113. The Morgan fingerprint density at radius 1 is 1.13 bits per heavy atom. The summed E-state index contributed by atoms with van der Waals surface area (Å²) in [6, 6.07) is 13.8. The van der Waals surface area contributed by atoms with Gasteiger partial charge < -0.3 is 14.6 Å². The van der Waals surface area contributed by atoms with Crippen LogP contribution < -0.4 is 10.1 Å². The molecule has 7 heteroatoms. The second kappa shape index (κ2) is 9.80. The van der Waals surface area contributed by atoms with E-state index in [1.165, 1.54) is 17.3 Å². The molecule has 0 radical (unpaired) electrons. The number of carbonyl (C=O) groups is 1. The molecule has 0 saturated heterocycles. The van der Waals surface area contributed by atoms with E-state index >= 15 is 0 Å². The Bertz CT molecular complexity index is 1030. The maximum atomic E-state index is 12.4. The third-order valence-corrected chi connectivity index (χ3v) is 5.82. The molecule has 1 N–H and O–H groups in total. The van der Waals surface area contributed by atoms with Crippen LogP contribution in [0.25, 0.3) is 0 Å². The standard InChI is InChI=1S/C23H28N4O2S/c1-6-27-22(18(5)29-20-9-7-8-15(2)12-20)25-26-23(27)30-14-21(28)24-19-11-10-16(3)17(4)13-19/h7-13,18H,6,14H2,1-5H3,(H,24,28). The number of nitrogens with zero attached hydrogens (tertiary/aromatic N) is 3. The van der Waals surface area contributed by atoms with Gasteiger partial charge in [-0.3, -0.25) is 4.79 Å². The van der Waals surface area contributed by atoms with Gasteiger partial charge in [-0.05, 0) is 75.6 Å². The van der Waals surface area contributed by atoms with Gasteiger partial charge in [0.15, 0.2) is 17.1 Å². The van der Waals surface area contributed by atoms with Crippen LogP contribution in [0.3, 0.4) is 0 Å². The van der Waals surface area contributed by atoms with Gasteiger partial charge in [0.1, 0.15) is 5.75 Å². The molecular formula is C23H28N4O2S. The highest BCUT2D eigenvalue weighted by molar-refractivity contribution is 7.99. The van der Waals surface area contributed by atoms with E-state index in [9.17, 15) is 4.79 Å². The zero-order valence-electron chi connectivity index (χ0n) is 18.1. The normalized spacial score (nSPS) is 11.9. The molecule has 0 aliphatic heterocycles. The summed E-state index contributed by atoms with van der Waals surface area (Å²) in [5.41, 5.74) is 4.30. The van der Waals surface area contributed by atoms with E-state index < -0.39 is 0 Å². The number of amides is 1. The highest BCUT2D eigenvalue weighted by atomic mass is 32.2. The van der Waals surface area contributed by atoms with Gasteiger partial charge in [-0.25, -0.2) is 0 Å². The Kier molecular flexibility index (Phi) is 7.15. The lowest BCUT2D eigenvalue weighted by Gasteiger charge is -2.16. The maximum Gasteiger partial charge on any atom is 0.234 e. The molecule has 1 amide bonds. The average molecular weight is 425 g/mol. The number of aromatic nitrogens is 3. The Morgan fingerprint density at radius 2 is 1.93 bits per heavy atom. The zero-order chi connectivity index (χ0) is 21.7. The molecule has 6 nitrogen and oxygen atoms in total. The van der Waals surface area contributed by atoms with Gasteiger partial charge in [0, 0.05) is 12.2 Å². The van der Waals surface area contributed by atoms with E-state index in [0.717, 1.165) is 28.4 Å². The molecule has 2 aromatic carbocycles. The number of thioether (sulfide) groups is 1. The van der Waals surface area contributed by atoms with Gasteiger partial charge in [0.05, 0.1) is 5.75 Å². The summed E-state index contributed by atoms with van der Waals surface area (Å²) in [6.45, 7) is 10.8. The van der Waals surface area contributed by atoms with Crippen molar-refractivity contribution in [3.05, 3.63) is 65.0 Å². The first-order valence-corrected chi connectivity index (χ1v) is 11.0. The molecule has 0 spiro atoms. The summed E-state index contributed by atoms with van der Waals surface area (Å²) < 4.78 is 8.05. The zero-order valence-corrected chi connectivity index (χ0v) is 18.9. The first kappa shape index (κ1) is 21.9. The Balaban J connectivity index is 1.63. The summed E-state index contributed by atoms with van der Waals surface area (Å²) in [7, 11) is 0. The van der Waals surface area contributed by atoms with Crippen LogP contribution >= 0.6 is 11.8 Å². The summed E-state index contributed by atoms with van der Waals surface area (Å²) >= 11 is 1.38. The molecule has 0 fully saturated rings. The van der Waals surface area contributed by atoms with Crippen molar-refractivity contribution in [2.75, 3.05) is 11.1 Å². The molecule has 30 heavy (non-hydrogen) atoms. The van der Waals surface area contributed by atoms with Crippen LogP contribution in [0.5, 0.6) is 5.75 Å². The number of aryl methyl sites for hydroxylation is 3. The fourth-order valence-electron chi connectivity index (χ4n) is 3.10. The number of benzene rings is 2. The summed E-state index contributed by atoms with van der Waals surface area (Å²) in [5, 5.41) is 12.3. The lowest BCUT2D eigenvalue weighted by atomic mass is 10.1. The van der Waals surface area contributed by atoms with Crippen molar-refractivity contribution in [1.29, 1.82) is 0 Å². The van der Waals surface area contributed by atoms with Gasteiger partial charge in [-0.15, -0.1) is 10.2 Å². The first-order chi connectivity index (χ1) is 14.4. The average Bonchev–Trinajstić information content (AvgIpc) is 3.12. The molecule has 0 aliphatic carbocycles. The van der Waals surface area contributed by atoms with E-state index in [0.29, 0.717) is 11.7 Å². The topological polar surface area (TPSA) is 69.0 Å². The fraction of sp³-hybridized carbons (Fsp3) is 0.348. The van der Waals surface area contributed by atoms with Crippen molar-refractivity contribution in [3.63, 3.8) is 0 Å². The predicted octanol–water partition coefficient (Wildman–Crippen LogP) is 5.09. The predicted molar refractivity (Wildman–Crippen MR) is 121 cm³/mol. The van der Waals surface area contributed by atoms with E-state index in [1.807, 2.05) is 74.7 Å². The second-order valence-electron chi connectivity index (χ2n) is 7.30. The number of hydrogen-bond donors (Lipinski definition) is 1. The molecule has 3 rings (SSSR count). The van der Waals surface area contributed by atoms with Crippen LogP contribution in [0.2, 0.25) is 0 Å². The number of hydrogen-bond acceptors (Lipinski definition) is 5. The van der Waals surface area contributed by atoms with E-state index in [4.69, 9.17) is 4.74 Å². The number of nitrogens with one attached hydrogen (secondary N) is 1. The molecule has 0 aliphatic rings. The van der Waals surface area contributed by atoms with Crippen LogP contribution in [-0.2, 0) is 11.3 Å². The lowest BCUT2D eigenvalue weighted by Crippen LogP contribution is -2.15. The molecule has 0 bridgehead atoms. The fourth-order valence-corrected chi connectivity index (χ4v) is 3.91. The van der Waals surface area contributed by atoms with Crippen molar-refractivity contribution >= 4 is 23.4 Å². The Labute approximate surface area is 182 Å². The number of rotatable bonds is 8. The smallest absolute Gasteiger partial charge is 0.234 e. The molecule has 1 unspecified atom stereocenters. The van der Waals surface area contributed by atoms with Crippen LogP contribution in [0, 0.1) is 20.8 Å². The summed E-state index contributed by atoms with van der Waals surface area (Å²) in [4.78, 5) is 12.4. The minimum atomic E-state index is -0.252. The van der Waals surface area contributed by atoms with Crippen molar-refractivity contribution in [2.24, 2.45) is 0 Å². The molecule has 1 heterocycles. The molecular weight excluding hydrogens is 396 g/mol. The largest absolute Gasteiger partial charge is 0.483 e. The van der Waals surface area contributed by atoms with E-state index in [-0.39, 0.29) is 17.8 Å². The van der Waals surface area contributed by atoms with Crippen molar-refractivity contribution in [1.82, 2.24) is 14.8 Å². The van der Waals surface area contributed by atoms with Gasteiger partial charge in [-0.1, -0.05) is 30.0 Å². The summed E-state index contributed by atoms with van der Waals surface area (Å²) in [6.07, 6.45) is -0.252. The van der Waals surface area contributed by atoms with Gasteiger partial charge in [-0.2, -0.15) is 0 Å². The summed E-state index contributed by atoms with van der Waals surface area (Å²) in [5.74, 6) is 1.74. The quantitative estimate of drug-likeness (QED) is 0.510. The minimum Gasteiger partial charge on any atom is -0.483 e. The molecule has 158 valence electrons. The van der Waals surface area contributed by atoms with Crippen molar-refractivity contribution < 1.29 is 9.53 Å². The van der Waals surface area contributed by atoms with Crippen LogP contribution in [-0.4, -0.2) is 26.4 Å². The SMILES string of the molecule is CCn1c(SCC(=O)Nc2ccc(C)c(C)c2)nnc1C(C)Oc1cccc(C)c1. The minimum absolute atomic E-state index is 0.0699. The molecule has 1 atom stereocenters.